The molecule has 0 saturated heterocycles. The molecule has 1 aliphatic carbocycles. The summed E-state index contributed by atoms with van der Waals surface area (Å²) in [5.74, 6) is -0.998. The normalized spacial score (nSPS) is 12.0. The molecule has 1 aliphatic rings. The molecule has 3 amide bonds. The van der Waals surface area contributed by atoms with Gasteiger partial charge < -0.3 is 21.1 Å². The molecule has 7 heteroatoms. The summed E-state index contributed by atoms with van der Waals surface area (Å²) in [5, 5.41) is 4.88. The number of carbonyl (C=O) groups is 3. The van der Waals surface area contributed by atoms with Crippen molar-refractivity contribution in [3.8, 4) is 11.1 Å². The van der Waals surface area contributed by atoms with Gasteiger partial charge in [0.2, 0.25) is 11.8 Å². The first-order chi connectivity index (χ1) is 13.1. The van der Waals surface area contributed by atoms with Crippen molar-refractivity contribution in [2.45, 2.75) is 12.3 Å². The predicted octanol–water partition coefficient (Wildman–Crippen LogP) is 1.52. The molecule has 0 bridgehead atoms. The number of hydrogen-bond donors (Lipinski definition) is 3. The third-order valence-electron chi connectivity index (χ3n) is 4.42. The van der Waals surface area contributed by atoms with Crippen LogP contribution in [0.1, 0.15) is 23.5 Å². The maximum atomic E-state index is 11.9. The van der Waals surface area contributed by atoms with E-state index < -0.39 is 12.0 Å². The average molecular weight is 367 g/mol. The number of ether oxygens (including phenoxy) is 1. The molecular weight excluding hydrogens is 346 g/mol. The van der Waals surface area contributed by atoms with E-state index in [1.165, 1.54) is 0 Å². The summed E-state index contributed by atoms with van der Waals surface area (Å²) >= 11 is 0. The summed E-state index contributed by atoms with van der Waals surface area (Å²) in [6.45, 7) is 0.110. The van der Waals surface area contributed by atoms with Crippen molar-refractivity contribution < 1.29 is 19.1 Å². The van der Waals surface area contributed by atoms with Crippen LogP contribution in [-0.4, -0.2) is 37.6 Å². The Morgan fingerprint density at radius 2 is 1.52 bits per heavy atom. The van der Waals surface area contributed by atoms with E-state index in [1.807, 2.05) is 36.4 Å². The van der Waals surface area contributed by atoms with Crippen molar-refractivity contribution in [3.05, 3.63) is 59.7 Å². The number of nitrogens with one attached hydrogen (secondary N) is 2. The Balaban J connectivity index is 1.51. The number of primary amides is 1. The van der Waals surface area contributed by atoms with E-state index in [0.717, 1.165) is 22.3 Å². The summed E-state index contributed by atoms with van der Waals surface area (Å²) in [7, 11) is 0. The highest BCUT2D eigenvalue weighted by Crippen LogP contribution is 2.44. The Kier molecular flexibility index (Phi) is 5.71. The monoisotopic (exact) mass is 367 g/mol. The lowest BCUT2D eigenvalue weighted by atomic mass is 9.98. The van der Waals surface area contributed by atoms with Crippen molar-refractivity contribution >= 4 is 17.9 Å². The van der Waals surface area contributed by atoms with E-state index in [0.29, 0.717) is 0 Å². The van der Waals surface area contributed by atoms with Crippen LogP contribution in [0.4, 0.5) is 4.79 Å². The van der Waals surface area contributed by atoms with E-state index in [9.17, 15) is 14.4 Å². The van der Waals surface area contributed by atoms with Gasteiger partial charge in [0.1, 0.15) is 6.61 Å². The molecule has 0 atom stereocenters. The van der Waals surface area contributed by atoms with E-state index in [4.69, 9.17) is 10.5 Å². The molecule has 27 heavy (non-hydrogen) atoms. The number of alkyl carbamates (subject to hydrolysis) is 1. The van der Waals surface area contributed by atoms with E-state index in [1.54, 1.807) is 0 Å². The molecule has 0 radical (unpaired) electrons. The second-order valence-electron chi connectivity index (χ2n) is 6.25. The molecule has 140 valence electrons. The molecular formula is C20H21N3O4. The van der Waals surface area contributed by atoms with Gasteiger partial charge >= 0.3 is 6.09 Å². The molecule has 0 spiro atoms. The van der Waals surface area contributed by atoms with Gasteiger partial charge in [0.25, 0.3) is 0 Å². The smallest absolute Gasteiger partial charge is 0.407 e. The maximum Gasteiger partial charge on any atom is 0.407 e. The van der Waals surface area contributed by atoms with Crippen LogP contribution in [0.25, 0.3) is 11.1 Å². The fourth-order valence-electron chi connectivity index (χ4n) is 3.20. The molecule has 0 unspecified atom stereocenters. The second kappa shape index (κ2) is 8.35. The fraction of sp³-hybridized carbons (Fsp3) is 0.250. The molecule has 0 aliphatic heterocycles. The molecule has 4 N–H and O–H groups in total. The molecule has 0 heterocycles. The number of rotatable bonds is 7. The Labute approximate surface area is 156 Å². The standard InChI is InChI=1S/C20H21N3O4/c21-18(24)11-23-19(25)9-10-22-20(26)27-12-17-15-7-3-1-5-13(15)14-6-2-4-8-16(14)17/h1-8,17H,9-12H2,(H2,21,24)(H,22,26)(H,23,25). The number of hydrogen-bond acceptors (Lipinski definition) is 4. The minimum Gasteiger partial charge on any atom is -0.449 e. The van der Waals surface area contributed by atoms with Crippen LogP contribution in [0.2, 0.25) is 0 Å². The number of carbonyl (C=O) groups excluding carboxylic acids is 3. The van der Waals surface area contributed by atoms with Gasteiger partial charge in [0.15, 0.2) is 0 Å². The first kappa shape index (κ1) is 18.4. The van der Waals surface area contributed by atoms with Crippen LogP contribution in [0.15, 0.2) is 48.5 Å². The molecule has 0 fully saturated rings. The predicted molar refractivity (Wildman–Crippen MR) is 99.9 cm³/mol. The molecule has 2 aromatic rings. The lowest BCUT2D eigenvalue weighted by Gasteiger charge is -2.14. The number of amides is 3. The van der Waals surface area contributed by atoms with Gasteiger partial charge in [-0.15, -0.1) is 0 Å². The van der Waals surface area contributed by atoms with Crippen molar-refractivity contribution in [3.63, 3.8) is 0 Å². The van der Waals surface area contributed by atoms with Crippen LogP contribution in [0, 0.1) is 0 Å². The minimum atomic E-state index is -0.618. The number of benzene rings is 2. The molecule has 0 saturated carbocycles. The summed E-state index contributed by atoms with van der Waals surface area (Å²) < 4.78 is 5.36. The molecule has 3 rings (SSSR count). The van der Waals surface area contributed by atoms with Crippen molar-refractivity contribution in [2.75, 3.05) is 19.7 Å². The second-order valence-corrected chi connectivity index (χ2v) is 6.25. The zero-order valence-corrected chi connectivity index (χ0v) is 14.7. The quantitative estimate of drug-likeness (QED) is 0.689. The van der Waals surface area contributed by atoms with Gasteiger partial charge in [-0.25, -0.2) is 4.79 Å². The first-order valence-corrected chi connectivity index (χ1v) is 8.70. The molecule has 2 aromatic carbocycles. The summed E-state index contributed by atoms with van der Waals surface area (Å²) in [6.07, 6.45) is -0.545. The number of nitrogens with two attached hydrogens (primary N) is 1. The summed E-state index contributed by atoms with van der Waals surface area (Å²) in [6, 6.07) is 16.2. The van der Waals surface area contributed by atoms with Gasteiger partial charge in [-0.2, -0.15) is 0 Å². The minimum absolute atomic E-state index is 0.0120. The Morgan fingerprint density at radius 1 is 0.926 bits per heavy atom. The summed E-state index contributed by atoms with van der Waals surface area (Å²) in [5.41, 5.74) is 9.54. The summed E-state index contributed by atoms with van der Waals surface area (Å²) in [4.78, 5) is 34.0. The van der Waals surface area contributed by atoms with Crippen LogP contribution in [0.3, 0.4) is 0 Å². The topological polar surface area (TPSA) is 111 Å². The fourth-order valence-corrected chi connectivity index (χ4v) is 3.20. The van der Waals surface area contributed by atoms with Gasteiger partial charge in [-0.1, -0.05) is 48.5 Å². The highest BCUT2D eigenvalue weighted by atomic mass is 16.5. The highest BCUT2D eigenvalue weighted by Gasteiger charge is 2.28. The third-order valence-corrected chi connectivity index (χ3v) is 4.42. The van der Waals surface area contributed by atoms with Gasteiger partial charge in [0.05, 0.1) is 6.54 Å². The van der Waals surface area contributed by atoms with Gasteiger partial charge in [-0.05, 0) is 22.3 Å². The van der Waals surface area contributed by atoms with Gasteiger partial charge in [-0.3, -0.25) is 9.59 Å². The van der Waals surface area contributed by atoms with Crippen LogP contribution < -0.4 is 16.4 Å². The number of fused-ring (bicyclic) bond motifs is 3. The van der Waals surface area contributed by atoms with Crippen molar-refractivity contribution in [1.29, 1.82) is 0 Å². The van der Waals surface area contributed by atoms with Gasteiger partial charge in [0, 0.05) is 18.9 Å². The van der Waals surface area contributed by atoms with E-state index >= 15 is 0 Å². The Morgan fingerprint density at radius 3 is 2.11 bits per heavy atom. The highest BCUT2D eigenvalue weighted by molar-refractivity contribution is 5.84. The van der Waals surface area contributed by atoms with Crippen molar-refractivity contribution in [1.82, 2.24) is 10.6 Å². The SMILES string of the molecule is NC(=O)CNC(=O)CCNC(=O)OCC1c2ccccc2-c2ccccc21. The third kappa shape index (κ3) is 4.44. The zero-order valence-electron chi connectivity index (χ0n) is 14.7. The average Bonchev–Trinajstić information content (AvgIpc) is 2.99. The molecule has 7 nitrogen and oxygen atoms in total. The lowest BCUT2D eigenvalue weighted by molar-refractivity contribution is -0.124. The lowest BCUT2D eigenvalue weighted by Crippen LogP contribution is -2.36. The van der Waals surface area contributed by atoms with Crippen LogP contribution >= 0.6 is 0 Å². The van der Waals surface area contributed by atoms with Crippen LogP contribution in [0.5, 0.6) is 0 Å². The van der Waals surface area contributed by atoms with Crippen LogP contribution in [-0.2, 0) is 14.3 Å². The maximum absolute atomic E-state index is 11.9. The Hall–Kier alpha value is -3.35. The van der Waals surface area contributed by atoms with Crippen molar-refractivity contribution in [2.24, 2.45) is 5.73 Å². The first-order valence-electron chi connectivity index (χ1n) is 8.70. The molecule has 0 aromatic heterocycles. The zero-order chi connectivity index (χ0) is 19.2. The van der Waals surface area contributed by atoms with E-state index in [2.05, 4.69) is 22.8 Å². The Bertz CT molecular complexity index is 820. The van der Waals surface area contributed by atoms with E-state index in [-0.39, 0.29) is 37.9 Å². The largest absolute Gasteiger partial charge is 0.449 e.